The smallest absolute Gasteiger partial charge is 0.322 e. The number of hydrogen-bond donors (Lipinski definition) is 3. The normalized spacial score (nSPS) is 26.8. The minimum absolute atomic E-state index is 0.0686. The zero-order chi connectivity index (χ0) is 11.3. The first-order chi connectivity index (χ1) is 7.20. The number of nitrogens with zero attached hydrogens (tertiary/aromatic N) is 1. The van der Waals surface area contributed by atoms with Crippen molar-refractivity contribution in [3.8, 4) is 0 Å². The fraction of sp³-hybridized carbons (Fsp3) is 0.889. The fourth-order valence-corrected chi connectivity index (χ4v) is 2.09. The Bertz CT molecular complexity index is 216. The largest absolute Gasteiger partial charge is 0.480 e. The van der Waals surface area contributed by atoms with Gasteiger partial charge >= 0.3 is 5.97 Å². The van der Waals surface area contributed by atoms with Crippen LogP contribution in [0.5, 0.6) is 0 Å². The minimum Gasteiger partial charge on any atom is -0.480 e. The first-order valence-electron chi connectivity index (χ1n) is 5.51. The van der Waals surface area contributed by atoms with Crippen molar-refractivity contribution in [2.75, 3.05) is 13.2 Å². The summed E-state index contributed by atoms with van der Waals surface area (Å²) >= 11 is 0. The molecule has 0 aromatic carbocycles. The number of aliphatic carboxylic acids is 1. The maximum Gasteiger partial charge on any atom is 0.322 e. The van der Waals surface area contributed by atoms with Crippen molar-refractivity contribution in [3.63, 3.8) is 0 Å². The summed E-state index contributed by atoms with van der Waals surface area (Å²) in [5, 5.41) is 20.7. The van der Waals surface area contributed by atoms with Gasteiger partial charge in [0.25, 0.3) is 7.48 Å². The van der Waals surface area contributed by atoms with Crippen LogP contribution in [0, 0.1) is 0 Å². The summed E-state index contributed by atoms with van der Waals surface area (Å²) < 4.78 is 0. The van der Waals surface area contributed by atoms with E-state index in [-0.39, 0.29) is 13.5 Å². The molecule has 0 saturated carbocycles. The monoisotopic (exact) mass is 214 g/mol. The zero-order valence-corrected chi connectivity index (χ0v) is 9.15. The molecule has 1 aliphatic heterocycles. The molecule has 0 spiro atoms. The van der Waals surface area contributed by atoms with Crippen LogP contribution in [0.15, 0.2) is 0 Å². The van der Waals surface area contributed by atoms with E-state index in [0.29, 0.717) is 6.67 Å². The Kier molecular flexibility index (Phi) is 5.07. The van der Waals surface area contributed by atoms with Crippen molar-refractivity contribution in [3.05, 3.63) is 0 Å². The van der Waals surface area contributed by atoms with Crippen molar-refractivity contribution < 1.29 is 14.9 Å². The summed E-state index contributed by atoms with van der Waals surface area (Å²) in [4.78, 5) is 13.1. The molecule has 1 heterocycles. The van der Waals surface area contributed by atoms with Crippen LogP contribution in [0.4, 0.5) is 0 Å². The SMILES string of the molecule is CCN1CN[C@H](C(=O)O)C1CCCBO. The molecule has 0 aromatic rings. The topological polar surface area (TPSA) is 72.8 Å². The summed E-state index contributed by atoms with van der Waals surface area (Å²) in [5.74, 6) is -0.778. The second-order valence-electron chi connectivity index (χ2n) is 3.87. The predicted molar refractivity (Wildman–Crippen MR) is 59.0 cm³/mol. The van der Waals surface area contributed by atoms with Crippen LogP contribution in [0.1, 0.15) is 19.8 Å². The molecule has 1 fully saturated rings. The number of likely N-dealkylation sites (N-methyl/N-ethyl adjacent to an activating group) is 1. The molecule has 2 atom stereocenters. The molecule has 3 N–H and O–H groups in total. The van der Waals surface area contributed by atoms with E-state index in [1.807, 2.05) is 6.92 Å². The van der Waals surface area contributed by atoms with E-state index in [9.17, 15) is 4.79 Å². The average molecular weight is 214 g/mol. The standard InChI is InChI=1S/C9H19BN2O3/c1-2-12-6-11-8(9(13)14)7(12)4-3-5-10-15/h7-8,10-11,15H,2-6H2,1H3,(H,13,14)/t7?,8-/m0/s1. The molecule has 1 saturated heterocycles. The average Bonchev–Trinajstić information content (AvgIpc) is 2.61. The van der Waals surface area contributed by atoms with Gasteiger partial charge in [-0.05, 0) is 13.0 Å². The molecule has 0 bridgehead atoms. The van der Waals surface area contributed by atoms with Crippen molar-refractivity contribution in [1.29, 1.82) is 0 Å². The highest BCUT2D eigenvalue weighted by Gasteiger charge is 2.36. The number of rotatable bonds is 6. The first-order valence-corrected chi connectivity index (χ1v) is 5.51. The highest BCUT2D eigenvalue weighted by atomic mass is 16.4. The number of carboxylic acid groups (broad SMARTS) is 1. The number of hydrogen-bond acceptors (Lipinski definition) is 4. The van der Waals surface area contributed by atoms with Gasteiger partial charge in [0.1, 0.15) is 6.04 Å². The molecular weight excluding hydrogens is 195 g/mol. The van der Waals surface area contributed by atoms with Gasteiger partial charge in [-0.3, -0.25) is 15.0 Å². The molecule has 0 amide bonds. The van der Waals surface area contributed by atoms with E-state index in [1.165, 1.54) is 0 Å². The van der Waals surface area contributed by atoms with Crippen molar-refractivity contribution in [2.45, 2.75) is 38.2 Å². The Balaban J connectivity index is 2.48. The molecule has 86 valence electrons. The summed E-state index contributed by atoms with van der Waals surface area (Å²) in [6.45, 7) is 3.54. The van der Waals surface area contributed by atoms with Gasteiger partial charge < -0.3 is 10.1 Å². The van der Waals surface area contributed by atoms with E-state index in [1.54, 1.807) is 0 Å². The Morgan fingerprint density at radius 3 is 2.93 bits per heavy atom. The predicted octanol–water partition coefficient (Wildman–Crippen LogP) is -0.767. The molecule has 5 nitrogen and oxygen atoms in total. The molecule has 15 heavy (non-hydrogen) atoms. The number of carbonyl (C=O) groups is 1. The third-order valence-corrected chi connectivity index (χ3v) is 2.95. The maximum absolute atomic E-state index is 11.0. The Morgan fingerprint density at radius 2 is 2.40 bits per heavy atom. The van der Waals surface area contributed by atoms with Gasteiger partial charge in [0.05, 0.1) is 0 Å². The second kappa shape index (κ2) is 6.10. The Labute approximate surface area is 90.7 Å². The van der Waals surface area contributed by atoms with Crippen LogP contribution in [0.2, 0.25) is 6.32 Å². The summed E-state index contributed by atoms with van der Waals surface area (Å²) in [6, 6.07) is -0.386. The highest BCUT2D eigenvalue weighted by molar-refractivity contribution is 6.25. The molecule has 1 aliphatic rings. The zero-order valence-electron chi connectivity index (χ0n) is 9.15. The van der Waals surface area contributed by atoms with E-state index in [0.717, 1.165) is 25.7 Å². The first kappa shape index (κ1) is 12.5. The molecule has 1 rings (SSSR count). The van der Waals surface area contributed by atoms with Crippen LogP contribution in [0.25, 0.3) is 0 Å². The summed E-state index contributed by atoms with van der Waals surface area (Å²) in [5.41, 5.74) is 0. The lowest BCUT2D eigenvalue weighted by Crippen LogP contribution is -2.41. The minimum atomic E-state index is -0.778. The fourth-order valence-electron chi connectivity index (χ4n) is 2.09. The summed E-state index contributed by atoms with van der Waals surface area (Å²) in [7, 11) is 0.185. The molecule has 0 aliphatic carbocycles. The van der Waals surface area contributed by atoms with Crippen LogP contribution in [-0.4, -0.2) is 53.8 Å². The molecule has 6 heteroatoms. The molecule has 0 aromatic heterocycles. The molecule has 0 radical (unpaired) electrons. The third-order valence-electron chi connectivity index (χ3n) is 2.95. The lowest BCUT2D eigenvalue weighted by molar-refractivity contribution is -0.139. The van der Waals surface area contributed by atoms with Gasteiger partial charge in [0.2, 0.25) is 0 Å². The lowest BCUT2D eigenvalue weighted by atomic mass is 9.90. The number of nitrogens with one attached hydrogen (secondary N) is 1. The highest BCUT2D eigenvalue weighted by Crippen LogP contribution is 2.17. The van der Waals surface area contributed by atoms with Crippen molar-refractivity contribution in [2.24, 2.45) is 0 Å². The molecular formula is C9H19BN2O3. The quantitative estimate of drug-likeness (QED) is 0.400. The van der Waals surface area contributed by atoms with Crippen molar-refractivity contribution in [1.82, 2.24) is 10.2 Å². The second-order valence-corrected chi connectivity index (χ2v) is 3.87. The summed E-state index contributed by atoms with van der Waals surface area (Å²) in [6.07, 6.45) is 2.46. The van der Waals surface area contributed by atoms with Gasteiger partial charge in [-0.25, -0.2) is 0 Å². The van der Waals surface area contributed by atoms with E-state index >= 15 is 0 Å². The van der Waals surface area contributed by atoms with E-state index in [2.05, 4.69) is 10.2 Å². The van der Waals surface area contributed by atoms with Gasteiger partial charge in [0.15, 0.2) is 0 Å². The van der Waals surface area contributed by atoms with Gasteiger partial charge in [-0.1, -0.05) is 19.7 Å². The van der Waals surface area contributed by atoms with Gasteiger partial charge in [-0.15, -0.1) is 0 Å². The van der Waals surface area contributed by atoms with E-state index < -0.39 is 12.0 Å². The Morgan fingerprint density at radius 1 is 1.67 bits per heavy atom. The maximum atomic E-state index is 11.0. The van der Waals surface area contributed by atoms with Gasteiger partial charge in [-0.2, -0.15) is 0 Å². The van der Waals surface area contributed by atoms with Crippen molar-refractivity contribution >= 4 is 13.5 Å². The third kappa shape index (κ3) is 3.19. The van der Waals surface area contributed by atoms with Gasteiger partial charge in [0, 0.05) is 12.7 Å². The lowest BCUT2D eigenvalue weighted by Gasteiger charge is -2.23. The van der Waals surface area contributed by atoms with Crippen LogP contribution in [-0.2, 0) is 4.79 Å². The van der Waals surface area contributed by atoms with E-state index in [4.69, 9.17) is 10.1 Å². The van der Waals surface area contributed by atoms with Crippen LogP contribution < -0.4 is 5.32 Å². The number of carboxylic acids is 1. The van der Waals surface area contributed by atoms with Crippen LogP contribution >= 0.6 is 0 Å². The Hall–Kier alpha value is -0.585. The van der Waals surface area contributed by atoms with Crippen LogP contribution in [0.3, 0.4) is 0 Å². The molecule has 1 unspecified atom stereocenters.